The first-order valence-corrected chi connectivity index (χ1v) is 6.38. The normalized spacial score (nSPS) is 17.3. The molecule has 0 radical (unpaired) electrons. The van der Waals surface area contributed by atoms with Crippen LogP contribution in [0, 0.1) is 0 Å². The van der Waals surface area contributed by atoms with Gasteiger partial charge in [-0.05, 0) is 43.5 Å². The number of benzene rings is 1. The van der Waals surface area contributed by atoms with Crippen molar-refractivity contribution >= 4 is 28.8 Å². The van der Waals surface area contributed by atoms with Crippen molar-refractivity contribution in [3.05, 3.63) is 24.3 Å². The number of amides is 1. The number of hydrogen-bond donors (Lipinski definition) is 2. The molecule has 0 heterocycles. The first-order chi connectivity index (χ1) is 9.15. The van der Waals surface area contributed by atoms with Crippen LogP contribution in [0.15, 0.2) is 29.4 Å². The molecule has 19 heavy (non-hydrogen) atoms. The molecule has 1 fully saturated rings. The summed E-state index contributed by atoms with van der Waals surface area (Å²) in [4.78, 5) is 22.5. The number of nitrogens with one attached hydrogen (secondary N) is 2. The molecule has 1 aromatic rings. The third-order valence-electron chi connectivity index (χ3n) is 2.91. The minimum atomic E-state index is -0.103. The average molecular weight is 259 g/mol. The van der Waals surface area contributed by atoms with E-state index in [1.165, 1.54) is 6.92 Å². The predicted molar refractivity (Wildman–Crippen MR) is 75.3 cm³/mol. The van der Waals surface area contributed by atoms with Crippen molar-refractivity contribution in [1.82, 2.24) is 0 Å². The fourth-order valence-electron chi connectivity index (χ4n) is 1.94. The average Bonchev–Trinajstić information content (AvgIpc) is 2.39. The summed E-state index contributed by atoms with van der Waals surface area (Å²) in [6, 6.07) is 7.19. The molecule has 1 aliphatic rings. The Bertz CT molecular complexity index is 506. The Morgan fingerprint density at radius 3 is 2.37 bits per heavy atom. The molecular weight excluding hydrogens is 242 g/mol. The van der Waals surface area contributed by atoms with Crippen LogP contribution in [0.2, 0.25) is 0 Å². The Morgan fingerprint density at radius 1 is 1.11 bits per heavy atom. The number of hydrogen-bond acceptors (Lipinski definition) is 4. The van der Waals surface area contributed by atoms with E-state index in [1.54, 1.807) is 12.1 Å². The zero-order chi connectivity index (χ0) is 13.7. The second-order valence-electron chi connectivity index (χ2n) is 4.56. The Kier molecular flexibility index (Phi) is 4.28. The summed E-state index contributed by atoms with van der Waals surface area (Å²) in [6.07, 6.45) is 3.33. The van der Waals surface area contributed by atoms with E-state index >= 15 is 0 Å². The molecule has 2 N–H and O–H groups in total. The minimum absolute atomic E-state index is 0.103. The van der Waals surface area contributed by atoms with Crippen molar-refractivity contribution in [1.29, 1.82) is 0 Å². The first-order valence-electron chi connectivity index (χ1n) is 6.38. The van der Waals surface area contributed by atoms with E-state index in [0.717, 1.165) is 30.6 Å². The van der Waals surface area contributed by atoms with Gasteiger partial charge in [0, 0.05) is 19.0 Å². The van der Waals surface area contributed by atoms with E-state index in [0.29, 0.717) is 12.1 Å². The first kappa shape index (κ1) is 13.3. The van der Waals surface area contributed by atoms with Crippen LogP contribution in [0.3, 0.4) is 0 Å². The Balaban J connectivity index is 1.97. The molecular formula is C14H17N3O2. The minimum Gasteiger partial charge on any atom is -0.326 e. The Labute approximate surface area is 112 Å². The lowest BCUT2D eigenvalue weighted by atomic mass is 9.97. The van der Waals surface area contributed by atoms with Crippen LogP contribution in [-0.4, -0.2) is 17.4 Å². The summed E-state index contributed by atoms with van der Waals surface area (Å²) in [7, 11) is 0. The number of nitrogens with zero attached hydrogens (tertiary/aromatic N) is 1. The van der Waals surface area contributed by atoms with Gasteiger partial charge in [0.15, 0.2) is 5.78 Å². The summed E-state index contributed by atoms with van der Waals surface area (Å²) in [5, 5.41) is 6.84. The second kappa shape index (κ2) is 6.13. The van der Waals surface area contributed by atoms with Gasteiger partial charge in [0.2, 0.25) is 5.91 Å². The number of Topliss-reactive ketones (excluding diaryl/α,β-unsaturated/α-hetero) is 1. The van der Waals surface area contributed by atoms with Gasteiger partial charge in [0.05, 0.1) is 5.69 Å². The maximum Gasteiger partial charge on any atom is 0.221 e. The third-order valence-corrected chi connectivity index (χ3v) is 2.91. The SMILES string of the molecule is CC(=O)Nc1ccc(N/N=C2/CCCCC2=O)cc1. The standard InChI is InChI=1S/C14H17N3O2/c1-10(18)15-11-6-8-12(9-7-11)16-17-13-4-2-3-5-14(13)19/h6-9,16H,2-5H2,1H3,(H,15,18)/b17-13-. The molecule has 5 nitrogen and oxygen atoms in total. The van der Waals surface area contributed by atoms with Gasteiger partial charge in [0.25, 0.3) is 0 Å². The number of anilines is 2. The van der Waals surface area contributed by atoms with E-state index in [4.69, 9.17) is 0 Å². The predicted octanol–water partition coefficient (Wildman–Crippen LogP) is 2.56. The van der Waals surface area contributed by atoms with Crippen molar-refractivity contribution in [2.45, 2.75) is 32.6 Å². The molecule has 0 bridgehead atoms. The maximum atomic E-state index is 11.6. The van der Waals surface area contributed by atoms with Crippen molar-refractivity contribution in [2.24, 2.45) is 5.10 Å². The highest BCUT2D eigenvalue weighted by Gasteiger charge is 2.16. The summed E-state index contributed by atoms with van der Waals surface area (Å²) >= 11 is 0. The summed E-state index contributed by atoms with van der Waals surface area (Å²) in [5.41, 5.74) is 5.03. The van der Waals surface area contributed by atoms with Gasteiger partial charge in [0.1, 0.15) is 5.71 Å². The van der Waals surface area contributed by atoms with Gasteiger partial charge in [-0.15, -0.1) is 0 Å². The molecule has 1 aromatic carbocycles. The van der Waals surface area contributed by atoms with Gasteiger partial charge in [-0.25, -0.2) is 0 Å². The van der Waals surface area contributed by atoms with Crippen molar-refractivity contribution in [3.8, 4) is 0 Å². The molecule has 1 amide bonds. The van der Waals surface area contributed by atoms with E-state index in [9.17, 15) is 9.59 Å². The molecule has 0 unspecified atom stereocenters. The molecule has 1 saturated carbocycles. The van der Waals surface area contributed by atoms with E-state index < -0.39 is 0 Å². The van der Waals surface area contributed by atoms with Crippen LogP contribution in [0.5, 0.6) is 0 Å². The van der Waals surface area contributed by atoms with Gasteiger partial charge < -0.3 is 5.32 Å². The monoisotopic (exact) mass is 259 g/mol. The molecule has 2 rings (SSSR count). The fourth-order valence-corrected chi connectivity index (χ4v) is 1.94. The van der Waals surface area contributed by atoms with Gasteiger partial charge >= 0.3 is 0 Å². The number of carbonyl (C=O) groups is 2. The Hall–Kier alpha value is -2.17. The van der Waals surface area contributed by atoms with Crippen molar-refractivity contribution in [3.63, 3.8) is 0 Å². The lowest BCUT2D eigenvalue weighted by Gasteiger charge is -2.11. The zero-order valence-electron chi connectivity index (χ0n) is 10.9. The summed E-state index contributed by atoms with van der Waals surface area (Å²) < 4.78 is 0. The molecule has 100 valence electrons. The lowest BCUT2D eigenvalue weighted by molar-refractivity contribution is -0.114. The summed E-state index contributed by atoms with van der Waals surface area (Å²) in [6.45, 7) is 1.47. The highest BCUT2D eigenvalue weighted by molar-refractivity contribution is 6.40. The molecule has 1 aliphatic carbocycles. The van der Waals surface area contributed by atoms with Crippen molar-refractivity contribution in [2.75, 3.05) is 10.7 Å². The van der Waals surface area contributed by atoms with E-state index in [-0.39, 0.29) is 11.7 Å². The number of hydrazone groups is 1. The van der Waals surface area contributed by atoms with Gasteiger partial charge in [-0.3, -0.25) is 15.0 Å². The largest absolute Gasteiger partial charge is 0.326 e. The fraction of sp³-hybridized carbons (Fsp3) is 0.357. The van der Waals surface area contributed by atoms with E-state index in [2.05, 4.69) is 15.8 Å². The molecule has 0 aromatic heterocycles. The zero-order valence-corrected chi connectivity index (χ0v) is 10.9. The number of ketones is 1. The molecule has 5 heteroatoms. The van der Waals surface area contributed by atoms with Crippen LogP contribution in [0.4, 0.5) is 11.4 Å². The summed E-state index contributed by atoms with van der Waals surface area (Å²) in [5.74, 6) is 0.0300. The third kappa shape index (κ3) is 3.91. The van der Waals surface area contributed by atoms with Gasteiger partial charge in [-0.1, -0.05) is 0 Å². The Morgan fingerprint density at radius 2 is 1.74 bits per heavy atom. The number of carbonyl (C=O) groups excluding carboxylic acids is 2. The topological polar surface area (TPSA) is 70.6 Å². The van der Waals surface area contributed by atoms with Crippen LogP contribution in [0.1, 0.15) is 32.6 Å². The highest BCUT2D eigenvalue weighted by atomic mass is 16.1. The van der Waals surface area contributed by atoms with Crippen molar-refractivity contribution < 1.29 is 9.59 Å². The lowest BCUT2D eigenvalue weighted by Crippen LogP contribution is -2.19. The molecule has 0 spiro atoms. The van der Waals surface area contributed by atoms with Crippen LogP contribution < -0.4 is 10.7 Å². The maximum absolute atomic E-state index is 11.6. The van der Waals surface area contributed by atoms with Crippen LogP contribution in [0.25, 0.3) is 0 Å². The molecule has 0 atom stereocenters. The van der Waals surface area contributed by atoms with Crippen LogP contribution >= 0.6 is 0 Å². The quantitative estimate of drug-likeness (QED) is 0.819. The second-order valence-corrected chi connectivity index (χ2v) is 4.56. The van der Waals surface area contributed by atoms with E-state index in [1.807, 2.05) is 12.1 Å². The smallest absolute Gasteiger partial charge is 0.221 e. The molecule has 0 aliphatic heterocycles. The van der Waals surface area contributed by atoms with Gasteiger partial charge in [-0.2, -0.15) is 5.10 Å². The van der Waals surface area contributed by atoms with Crippen LogP contribution in [-0.2, 0) is 9.59 Å². The molecule has 0 saturated heterocycles. The number of rotatable bonds is 3. The highest BCUT2D eigenvalue weighted by Crippen LogP contribution is 2.15.